The molecule has 0 bridgehead atoms. The van der Waals surface area contributed by atoms with Crippen molar-refractivity contribution in [1.29, 1.82) is 0 Å². The Labute approximate surface area is 59.9 Å². The van der Waals surface area contributed by atoms with Crippen molar-refractivity contribution in [2.45, 2.75) is 13.8 Å². The van der Waals surface area contributed by atoms with Gasteiger partial charge in [-0.1, -0.05) is 13.8 Å². The van der Waals surface area contributed by atoms with Crippen molar-refractivity contribution >= 4 is 25.4 Å². The minimum Gasteiger partial charge on any atom is -0.358 e. The molecule has 2 heteroatoms. The molecule has 0 N–H and O–H groups in total. The Kier molecular flexibility index (Phi) is 35.4. The molecule has 0 heterocycles. The van der Waals surface area contributed by atoms with Gasteiger partial charge in [0, 0.05) is 0 Å². The fourth-order valence-electron chi connectivity index (χ4n) is 0. The van der Waals surface area contributed by atoms with Gasteiger partial charge in [0.05, 0.1) is 0 Å². The molecule has 0 unspecified atom stereocenters. The summed E-state index contributed by atoms with van der Waals surface area (Å²) < 4.78 is 0. The quantitative estimate of drug-likeness (QED) is 0.352. The van der Waals surface area contributed by atoms with Gasteiger partial charge in [0.2, 0.25) is 0 Å². The fourth-order valence-corrected chi connectivity index (χ4v) is 0. The summed E-state index contributed by atoms with van der Waals surface area (Å²) in [5.41, 5.74) is 0. The Morgan fingerprint density at radius 1 is 1.43 bits per heavy atom. The van der Waals surface area contributed by atoms with Gasteiger partial charge in [-0.2, -0.15) is 5.92 Å². The predicted molar refractivity (Wildman–Crippen MR) is 38.2 cm³/mol. The Hall–Kier alpha value is 0.822. The largest absolute Gasteiger partial charge is 0.358 e. The zero-order chi connectivity index (χ0) is 5.58. The first-order valence-corrected chi connectivity index (χ1v) is 3.53. The second-order valence-corrected chi connectivity index (χ2v) is 1.39. The number of halogens is 1. The first-order valence-electron chi connectivity index (χ1n) is 1.78. The number of rotatable bonds is 0. The minimum atomic E-state index is 0. The standard InChI is InChI=1S/C4H9.CH3.Al.ClH/c1-4(2)3;;;/h4H,1H2,2-3H3;1H3;;1H/q2*-1;+3;/p-1. The molecule has 0 atom stereocenters. The van der Waals surface area contributed by atoms with Crippen LogP contribution in [0.4, 0.5) is 0 Å². The molecule has 0 aliphatic heterocycles. The van der Waals surface area contributed by atoms with E-state index in [4.69, 9.17) is 0 Å². The molecule has 0 fully saturated rings. The average Bonchev–Trinajstić information content (AvgIpc) is 1.41. The van der Waals surface area contributed by atoms with Crippen LogP contribution in [0, 0.1) is 20.3 Å². The summed E-state index contributed by atoms with van der Waals surface area (Å²) in [5.74, 6) is 0.583. The molecule has 0 spiro atoms. The van der Waals surface area contributed by atoms with Crippen LogP contribution in [0.3, 0.4) is 0 Å². The summed E-state index contributed by atoms with van der Waals surface area (Å²) in [4.78, 5) is 0. The molecule has 0 aliphatic rings. The van der Waals surface area contributed by atoms with Crippen molar-refractivity contribution in [2.24, 2.45) is 5.92 Å². The van der Waals surface area contributed by atoms with E-state index in [1.165, 1.54) is 0 Å². The number of hydrogen-bond acceptors (Lipinski definition) is 0. The second-order valence-electron chi connectivity index (χ2n) is 1.39. The topological polar surface area (TPSA) is 0 Å². The summed E-state index contributed by atoms with van der Waals surface area (Å²) in [6, 6.07) is 0. The van der Waals surface area contributed by atoms with Crippen molar-refractivity contribution in [1.82, 2.24) is 0 Å². The second kappa shape index (κ2) is 15.8. The summed E-state index contributed by atoms with van der Waals surface area (Å²) in [6.07, 6.45) is 0. The number of hydrogen-bond donors (Lipinski definition) is 0. The zero-order valence-corrected chi connectivity index (χ0v) is 7.15. The molecule has 0 amide bonds. The zero-order valence-electron chi connectivity index (χ0n) is 5.24. The van der Waals surface area contributed by atoms with Crippen LogP contribution >= 0.6 is 10.0 Å². The van der Waals surface area contributed by atoms with Gasteiger partial charge >= 0.3 is 25.4 Å². The summed E-state index contributed by atoms with van der Waals surface area (Å²) in [7, 11) is 4.56. The normalized spacial score (nSPS) is 6.14. The van der Waals surface area contributed by atoms with Gasteiger partial charge in [0.1, 0.15) is 0 Å². The van der Waals surface area contributed by atoms with E-state index < -0.39 is 0 Å². The van der Waals surface area contributed by atoms with Gasteiger partial charge in [-0.3, -0.25) is 0 Å². The Morgan fingerprint density at radius 2 is 1.43 bits per heavy atom. The van der Waals surface area contributed by atoms with Crippen molar-refractivity contribution in [3.63, 3.8) is 0 Å². The smallest absolute Gasteiger partial charge is 0.0903 e. The Balaban J connectivity index is -0.0000000480. The van der Waals surface area contributed by atoms with Crippen LogP contribution in [0.25, 0.3) is 0 Å². The molecule has 0 aliphatic carbocycles. The van der Waals surface area contributed by atoms with Crippen LogP contribution in [-0.4, -0.2) is 15.4 Å². The molecular formula is C5H12AlCl. The maximum Gasteiger partial charge on any atom is -0.0903 e. The average molecular weight is 135 g/mol. The van der Waals surface area contributed by atoms with E-state index in [1.54, 1.807) is 0 Å². The molecule has 7 heavy (non-hydrogen) atoms. The predicted octanol–water partition coefficient (Wildman–Crippen LogP) is 2.24. The van der Waals surface area contributed by atoms with Crippen molar-refractivity contribution < 1.29 is 0 Å². The first-order chi connectivity index (χ1) is 2.73. The van der Waals surface area contributed by atoms with E-state index in [1.807, 2.05) is 15.4 Å². The third-order valence-corrected chi connectivity index (χ3v) is 0. The van der Waals surface area contributed by atoms with Gasteiger partial charge in [-0.05, 0) is 0 Å². The molecule has 0 radical (unpaired) electrons. The van der Waals surface area contributed by atoms with E-state index in [0.29, 0.717) is 5.92 Å². The molecule has 0 aromatic rings. The Bertz CT molecular complexity index is 12.8. The maximum absolute atomic E-state index is 4.56. The fraction of sp³-hybridized carbons (Fsp3) is 0.600. The van der Waals surface area contributed by atoms with Gasteiger partial charge in [0.25, 0.3) is 0 Å². The van der Waals surface area contributed by atoms with Gasteiger partial charge in [-0.15, -0.1) is 0 Å². The van der Waals surface area contributed by atoms with Crippen molar-refractivity contribution in [2.75, 3.05) is 0 Å². The van der Waals surface area contributed by atoms with Crippen molar-refractivity contribution in [3.05, 3.63) is 14.4 Å². The van der Waals surface area contributed by atoms with E-state index in [-0.39, 0.29) is 7.43 Å². The molecule has 42 valence electrons. The van der Waals surface area contributed by atoms with Crippen LogP contribution in [0.15, 0.2) is 0 Å². The molecule has 0 saturated heterocycles. The van der Waals surface area contributed by atoms with Crippen LogP contribution in [0.1, 0.15) is 13.8 Å². The molecule has 0 saturated carbocycles. The van der Waals surface area contributed by atoms with E-state index in [0.717, 1.165) is 0 Å². The monoisotopic (exact) mass is 134 g/mol. The molecule has 0 aromatic heterocycles. The third-order valence-electron chi connectivity index (χ3n) is 0. The maximum atomic E-state index is 4.56. The Morgan fingerprint density at radius 3 is 1.43 bits per heavy atom. The SMILES string of the molecule is [Al+2][Cl].[CH2-]C(C)C.[CH3-]. The first kappa shape index (κ1) is 15.7. The van der Waals surface area contributed by atoms with E-state index in [2.05, 4.69) is 30.8 Å². The van der Waals surface area contributed by atoms with E-state index >= 15 is 0 Å². The van der Waals surface area contributed by atoms with Crippen molar-refractivity contribution in [3.8, 4) is 0 Å². The van der Waals surface area contributed by atoms with Crippen LogP contribution in [-0.2, 0) is 0 Å². The summed E-state index contributed by atoms with van der Waals surface area (Å²) in [5, 5.41) is 0. The van der Waals surface area contributed by atoms with Gasteiger partial charge in [-0.25, -0.2) is 0 Å². The summed E-state index contributed by atoms with van der Waals surface area (Å²) >= 11 is 1.89. The molecule has 0 aromatic carbocycles. The molecular weight excluding hydrogens is 122 g/mol. The van der Waals surface area contributed by atoms with Gasteiger partial charge in [0.15, 0.2) is 0 Å². The van der Waals surface area contributed by atoms with Gasteiger partial charge < -0.3 is 14.4 Å². The molecule has 0 nitrogen and oxygen atoms in total. The van der Waals surface area contributed by atoms with Crippen LogP contribution < -0.4 is 0 Å². The van der Waals surface area contributed by atoms with Crippen LogP contribution in [0.2, 0.25) is 0 Å². The minimum absolute atomic E-state index is 0. The molecule has 0 rings (SSSR count). The van der Waals surface area contributed by atoms with Crippen LogP contribution in [0.5, 0.6) is 0 Å². The third kappa shape index (κ3) is 235. The van der Waals surface area contributed by atoms with E-state index in [9.17, 15) is 0 Å². The summed E-state index contributed by atoms with van der Waals surface area (Å²) in [6.45, 7) is 7.75.